The molecule has 0 aliphatic carbocycles. The van der Waals surface area contributed by atoms with E-state index < -0.39 is 21.9 Å². The van der Waals surface area contributed by atoms with Crippen molar-refractivity contribution in [2.45, 2.75) is 17.9 Å². The van der Waals surface area contributed by atoms with Crippen molar-refractivity contribution in [3.05, 3.63) is 107 Å². The lowest BCUT2D eigenvalue weighted by Gasteiger charge is -2.17. The summed E-state index contributed by atoms with van der Waals surface area (Å²) in [6.07, 6.45) is -0.0258. The summed E-state index contributed by atoms with van der Waals surface area (Å²) >= 11 is 6.19. The Kier molecular flexibility index (Phi) is 10.3. The number of hydrogen-bond acceptors (Lipinski definition) is 8. The van der Waals surface area contributed by atoms with Crippen LogP contribution in [0.5, 0.6) is 23.0 Å². The van der Waals surface area contributed by atoms with Crippen LogP contribution in [-0.4, -0.2) is 41.6 Å². The minimum Gasteiger partial charge on any atom is -0.497 e. The van der Waals surface area contributed by atoms with Crippen LogP contribution in [0, 0.1) is 0 Å². The third-order valence-corrected chi connectivity index (χ3v) is 8.08. The fraction of sp³-hybridized carbons (Fsp3) is 0.161. The maximum absolute atomic E-state index is 13.7. The van der Waals surface area contributed by atoms with Crippen molar-refractivity contribution in [1.82, 2.24) is 4.72 Å². The second kappa shape index (κ2) is 14.1. The quantitative estimate of drug-likeness (QED) is 0.195. The fourth-order valence-electron chi connectivity index (χ4n) is 4.10. The highest BCUT2D eigenvalue weighted by molar-refractivity contribution is 7.89. The highest BCUT2D eigenvalue weighted by Crippen LogP contribution is 2.34. The van der Waals surface area contributed by atoms with Gasteiger partial charge in [-0.2, -0.15) is 0 Å². The molecule has 2 N–H and O–H groups in total. The Morgan fingerprint density at radius 2 is 1.53 bits per heavy atom. The molecule has 0 unspecified atom stereocenters. The van der Waals surface area contributed by atoms with Gasteiger partial charge in [-0.05, 0) is 48.0 Å². The van der Waals surface area contributed by atoms with E-state index in [0.717, 1.165) is 0 Å². The molecule has 224 valence electrons. The van der Waals surface area contributed by atoms with E-state index in [-0.39, 0.29) is 40.6 Å². The number of halogens is 1. The van der Waals surface area contributed by atoms with Crippen LogP contribution in [0.25, 0.3) is 0 Å². The standard InChI is InChI=1S/C31H29ClN2O8S/c1-39-23-14-12-21(28(18-23)40-2)19-33-43(37,38)29-17-22(34-30(35)16-20-8-4-6-10-25(20)32)13-15-27(29)42-26-11-7-5-9-24(26)31(36)41-3/h4-15,17-18,33H,16,19H2,1-3H3,(H,34,35). The third kappa shape index (κ3) is 7.83. The average molecular weight is 625 g/mol. The smallest absolute Gasteiger partial charge is 0.341 e. The van der Waals surface area contributed by atoms with Gasteiger partial charge >= 0.3 is 5.97 Å². The molecule has 0 fully saturated rings. The fourth-order valence-corrected chi connectivity index (χ4v) is 5.46. The van der Waals surface area contributed by atoms with E-state index in [2.05, 4.69) is 10.0 Å². The minimum absolute atomic E-state index is 0.0258. The van der Waals surface area contributed by atoms with Crippen molar-refractivity contribution in [2.75, 3.05) is 26.6 Å². The Balaban J connectivity index is 1.68. The molecule has 0 radical (unpaired) electrons. The number of methoxy groups -OCH3 is 3. The molecule has 0 aromatic heterocycles. The summed E-state index contributed by atoms with van der Waals surface area (Å²) in [5, 5.41) is 3.15. The van der Waals surface area contributed by atoms with Gasteiger partial charge in [0.25, 0.3) is 0 Å². The number of benzene rings is 4. The molecule has 4 aromatic carbocycles. The molecule has 0 heterocycles. The van der Waals surface area contributed by atoms with E-state index in [1.807, 2.05) is 0 Å². The first-order valence-corrected chi connectivity index (χ1v) is 14.7. The van der Waals surface area contributed by atoms with Crippen LogP contribution >= 0.6 is 11.6 Å². The summed E-state index contributed by atoms with van der Waals surface area (Å²) in [6.45, 7) is -0.128. The van der Waals surface area contributed by atoms with Crippen LogP contribution in [0.3, 0.4) is 0 Å². The first kappa shape index (κ1) is 31.4. The Morgan fingerprint density at radius 3 is 2.26 bits per heavy atom. The molecular weight excluding hydrogens is 596 g/mol. The molecular formula is C31H29ClN2O8S. The third-order valence-electron chi connectivity index (χ3n) is 6.28. The van der Waals surface area contributed by atoms with Crippen molar-refractivity contribution < 1.29 is 37.0 Å². The summed E-state index contributed by atoms with van der Waals surface area (Å²) in [7, 11) is -0.0585. The van der Waals surface area contributed by atoms with Crippen LogP contribution in [-0.2, 0) is 32.5 Å². The summed E-state index contributed by atoms with van der Waals surface area (Å²) in [4.78, 5) is 24.8. The van der Waals surface area contributed by atoms with Crippen molar-refractivity contribution >= 4 is 39.2 Å². The summed E-state index contributed by atoms with van der Waals surface area (Å²) in [5.41, 5.74) is 1.47. The van der Waals surface area contributed by atoms with Gasteiger partial charge in [0.2, 0.25) is 15.9 Å². The van der Waals surface area contributed by atoms with E-state index in [4.69, 9.17) is 30.5 Å². The van der Waals surface area contributed by atoms with Gasteiger partial charge in [-0.25, -0.2) is 17.9 Å². The zero-order chi connectivity index (χ0) is 31.0. The summed E-state index contributed by atoms with van der Waals surface area (Å²) < 4.78 is 51.4. The topological polar surface area (TPSA) is 129 Å². The SMILES string of the molecule is COC(=O)c1ccccc1Oc1ccc(NC(=O)Cc2ccccc2Cl)cc1S(=O)(=O)NCc1ccc(OC)cc1OC. The zero-order valence-corrected chi connectivity index (χ0v) is 25.1. The molecule has 4 aromatic rings. The van der Waals surface area contributed by atoms with Gasteiger partial charge in [-0.1, -0.05) is 48.0 Å². The maximum atomic E-state index is 13.7. The monoisotopic (exact) mass is 624 g/mol. The van der Waals surface area contributed by atoms with Crippen LogP contribution in [0.2, 0.25) is 5.02 Å². The van der Waals surface area contributed by atoms with E-state index in [0.29, 0.717) is 27.6 Å². The Bertz CT molecular complexity index is 1740. The Hall–Kier alpha value is -4.58. The van der Waals surface area contributed by atoms with Crippen molar-refractivity contribution in [2.24, 2.45) is 0 Å². The second-order valence-corrected chi connectivity index (χ2v) is 11.2. The summed E-state index contributed by atoms with van der Waals surface area (Å²) in [5.74, 6) is -0.104. The number of rotatable bonds is 12. The van der Waals surface area contributed by atoms with E-state index in [1.165, 1.54) is 51.7 Å². The first-order chi connectivity index (χ1) is 20.6. The first-order valence-electron chi connectivity index (χ1n) is 12.9. The Labute approximate surface area is 254 Å². The van der Waals surface area contributed by atoms with Gasteiger partial charge in [0.1, 0.15) is 33.5 Å². The summed E-state index contributed by atoms with van der Waals surface area (Å²) in [6, 6.07) is 22.3. The highest BCUT2D eigenvalue weighted by Gasteiger charge is 2.24. The molecule has 0 spiro atoms. The normalized spacial score (nSPS) is 11.0. The minimum atomic E-state index is -4.26. The predicted octanol–water partition coefficient (Wildman–Crippen LogP) is 5.60. The lowest BCUT2D eigenvalue weighted by atomic mass is 10.1. The zero-order valence-electron chi connectivity index (χ0n) is 23.5. The number of esters is 1. The van der Waals surface area contributed by atoms with Gasteiger partial charge in [0.05, 0.1) is 27.8 Å². The number of nitrogens with one attached hydrogen (secondary N) is 2. The number of carbonyl (C=O) groups excluding carboxylic acids is 2. The molecule has 43 heavy (non-hydrogen) atoms. The van der Waals surface area contributed by atoms with Crippen LogP contribution in [0.15, 0.2) is 89.8 Å². The van der Waals surface area contributed by atoms with Gasteiger partial charge in [0.15, 0.2) is 0 Å². The lowest BCUT2D eigenvalue weighted by Crippen LogP contribution is -2.24. The predicted molar refractivity (Wildman–Crippen MR) is 162 cm³/mol. The van der Waals surface area contributed by atoms with Gasteiger partial charge in [-0.3, -0.25) is 4.79 Å². The molecule has 12 heteroatoms. The van der Waals surface area contributed by atoms with Crippen molar-refractivity contribution in [3.63, 3.8) is 0 Å². The van der Waals surface area contributed by atoms with E-state index >= 15 is 0 Å². The maximum Gasteiger partial charge on any atom is 0.341 e. The van der Waals surface area contributed by atoms with Crippen molar-refractivity contribution in [1.29, 1.82) is 0 Å². The number of carbonyl (C=O) groups is 2. The lowest BCUT2D eigenvalue weighted by molar-refractivity contribution is -0.115. The molecule has 0 saturated carbocycles. The molecule has 0 saturated heterocycles. The average Bonchev–Trinajstić information content (AvgIpc) is 3.01. The van der Waals surface area contributed by atoms with Crippen LogP contribution in [0.4, 0.5) is 5.69 Å². The van der Waals surface area contributed by atoms with Gasteiger partial charge in [0, 0.05) is 28.9 Å². The van der Waals surface area contributed by atoms with E-state index in [9.17, 15) is 18.0 Å². The molecule has 4 rings (SSSR count). The largest absolute Gasteiger partial charge is 0.497 e. The van der Waals surface area contributed by atoms with E-state index in [1.54, 1.807) is 54.6 Å². The van der Waals surface area contributed by atoms with Gasteiger partial charge < -0.3 is 24.3 Å². The number of amides is 1. The molecule has 1 amide bonds. The van der Waals surface area contributed by atoms with Crippen molar-refractivity contribution in [3.8, 4) is 23.0 Å². The van der Waals surface area contributed by atoms with Crippen LogP contribution < -0.4 is 24.2 Å². The molecule has 0 bridgehead atoms. The molecule has 0 aliphatic rings. The molecule has 0 atom stereocenters. The number of anilines is 1. The van der Waals surface area contributed by atoms with Gasteiger partial charge in [-0.15, -0.1) is 0 Å². The molecule has 0 aliphatic heterocycles. The highest BCUT2D eigenvalue weighted by atomic mass is 35.5. The Morgan fingerprint density at radius 1 is 0.791 bits per heavy atom. The number of sulfonamides is 1. The number of para-hydroxylation sites is 1. The second-order valence-electron chi connectivity index (χ2n) is 9.07. The number of hydrogen-bond donors (Lipinski definition) is 2. The molecule has 10 nitrogen and oxygen atoms in total. The van der Waals surface area contributed by atoms with Crippen LogP contribution in [0.1, 0.15) is 21.5 Å². The number of ether oxygens (including phenoxy) is 4.